The van der Waals surface area contributed by atoms with E-state index in [2.05, 4.69) is 45.3 Å². The smallest absolute Gasteiger partial charge is 0.355 e. The number of aliphatic hydroxyl groups excluding tert-OH is 1. The second-order valence-corrected chi connectivity index (χ2v) is 19.2. The number of carboxylic acid groups (broad SMARTS) is 1. The number of aromatic carboxylic acids is 1. The molecule has 9 rings (SSSR count). The molecule has 0 spiro atoms. The number of hydrogen-bond acceptors (Lipinski definition) is 12. The van der Waals surface area contributed by atoms with E-state index in [1.54, 1.807) is 17.5 Å². The minimum atomic E-state index is -1.10. The highest BCUT2D eigenvalue weighted by molar-refractivity contribution is 7.22. The molecule has 14 heteroatoms. The van der Waals surface area contributed by atoms with Crippen molar-refractivity contribution in [2.75, 3.05) is 43.1 Å². The molecule has 4 bridgehead atoms. The fourth-order valence-electron chi connectivity index (χ4n) is 12.1. The van der Waals surface area contributed by atoms with Crippen LogP contribution in [0.2, 0.25) is 0 Å². The number of nitrogens with zero attached hydrogens (tertiary/aromatic N) is 6. The Bertz CT molecular complexity index is 2110. The molecule has 1 saturated heterocycles. The van der Waals surface area contributed by atoms with Crippen LogP contribution < -0.4 is 15.5 Å². The SMILES string of the molecule is C/C(=C\Nc1nc2ccccc2s1)C1CCCN(c2ccc(-c3cnn(CC45CC6(C)CC(C)(C4)CC(OCCNCCCO)(C6)C5)c3C)c(C(=O)O)n2)C1N=N. The van der Waals surface area contributed by atoms with Crippen LogP contribution in [0.3, 0.4) is 0 Å². The molecule has 4 aromatic rings. The second-order valence-electron chi connectivity index (χ2n) is 18.2. The maximum Gasteiger partial charge on any atom is 0.355 e. The summed E-state index contributed by atoms with van der Waals surface area (Å²) < 4.78 is 10.1. The highest BCUT2D eigenvalue weighted by Crippen LogP contribution is 2.72. The van der Waals surface area contributed by atoms with Crippen molar-refractivity contribution in [2.24, 2.45) is 27.3 Å². The first-order valence-corrected chi connectivity index (χ1v) is 21.3. The summed E-state index contributed by atoms with van der Waals surface area (Å²) in [6, 6.07) is 11.8. The molecule has 0 radical (unpaired) electrons. The lowest BCUT2D eigenvalue weighted by Crippen LogP contribution is -2.64. The van der Waals surface area contributed by atoms with Crippen LogP contribution in [0.1, 0.15) is 94.7 Å². The van der Waals surface area contributed by atoms with Crippen molar-refractivity contribution in [1.82, 2.24) is 25.1 Å². The molecule has 4 atom stereocenters. The molecular weight excluding hydrogens is 739 g/mol. The molecule has 304 valence electrons. The van der Waals surface area contributed by atoms with Crippen molar-refractivity contribution in [3.05, 3.63) is 65.8 Å². The molecule has 57 heavy (non-hydrogen) atoms. The van der Waals surface area contributed by atoms with Crippen LogP contribution in [0.4, 0.5) is 10.9 Å². The number of fused-ring (bicyclic) bond motifs is 1. The zero-order valence-electron chi connectivity index (χ0n) is 33.7. The summed E-state index contributed by atoms with van der Waals surface area (Å²) in [5.74, 6) is -0.654. The highest BCUT2D eigenvalue weighted by Gasteiger charge is 2.66. The first-order chi connectivity index (χ1) is 27.4. The number of thiazole rings is 1. The van der Waals surface area contributed by atoms with Crippen LogP contribution in [0.5, 0.6) is 0 Å². The average molecular weight is 796 g/mol. The van der Waals surface area contributed by atoms with E-state index < -0.39 is 12.1 Å². The highest BCUT2D eigenvalue weighted by atomic mass is 32.1. The third-order valence-electron chi connectivity index (χ3n) is 13.1. The van der Waals surface area contributed by atoms with E-state index >= 15 is 0 Å². The first-order valence-electron chi connectivity index (χ1n) is 20.5. The lowest BCUT2D eigenvalue weighted by molar-refractivity contribution is -0.247. The Labute approximate surface area is 338 Å². The number of anilines is 2. The van der Waals surface area contributed by atoms with Crippen molar-refractivity contribution >= 4 is 38.5 Å². The number of rotatable bonds is 16. The van der Waals surface area contributed by atoms with E-state index in [0.717, 1.165) is 103 Å². The second kappa shape index (κ2) is 15.5. The Hall–Kier alpha value is -4.24. The Kier molecular flexibility index (Phi) is 10.8. The molecule has 1 aromatic carbocycles. The van der Waals surface area contributed by atoms with E-state index in [4.69, 9.17) is 25.5 Å². The van der Waals surface area contributed by atoms with Gasteiger partial charge in [0.25, 0.3) is 0 Å². The quantitative estimate of drug-likeness (QED) is 0.0549. The molecule has 13 nitrogen and oxygen atoms in total. The van der Waals surface area contributed by atoms with Crippen LogP contribution in [0.25, 0.3) is 21.3 Å². The minimum absolute atomic E-state index is 0.0273. The molecule has 4 heterocycles. The third kappa shape index (κ3) is 7.85. The van der Waals surface area contributed by atoms with Crippen molar-refractivity contribution < 1.29 is 19.7 Å². The Morgan fingerprint density at radius 2 is 1.86 bits per heavy atom. The monoisotopic (exact) mass is 795 g/mol. The van der Waals surface area contributed by atoms with E-state index in [1.165, 1.54) is 6.42 Å². The van der Waals surface area contributed by atoms with Gasteiger partial charge < -0.3 is 30.5 Å². The number of carbonyl (C=O) groups is 1. The van der Waals surface area contributed by atoms with Gasteiger partial charge in [-0.1, -0.05) is 42.9 Å². The molecule has 3 aromatic heterocycles. The number of ether oxygens (including phenoxy) is 1. The maximum absolute atomic E-state index is 12.9. The molecule has 4 unspecified atom stereocenters. The van der Waals surface area contributed by atoms with Crippen LogP contribution in [0.15, 0.2) is 59.5 Å². The molecule has 4 aliphatic carbocycles. The normalized spacial score (nSPS) is 29.6. The van der Waals surface area contributed by atoms with Crippen LogP contribution in [-0.4, -0.2) is 80.5 Å². The fraction of sp³-hybridized carbons (Fsp3) is 0.581. The van der Waals surface area contributed by atoms with Gasteiger partial charge >= 0.3 is 5.97 Å². The molecule has 0 amide bonds. The molecule has 1 aliphatic heterocycles. The summed E-state index contributed by atoms with van der Waals surface area (Å²) in [7, 11) is 0. The number of piperidine rings is 1. The first kappa shape index (κ1) is 39.6. The van der Waals surface area contributed by atoms with Gasteiger partial charge in [-0.3, -0.25) is 4.68 Å². The van der Waals surface area contributed by atoms with Gasteiger partial charge in [0.1, 0.15) is 12.0 Å². The number of para-hydroxylation sites is 1. The zero-order valence-corrected chi connectivity index (χ0v) is 34.5. The van der Waals surface area contributed by atoms with Crippen LogP contribution in [0, 0.1) is 34.6 Å². The van der Waals surface area contributed by atoms with Gasteiger partial charge in [-0.15, -0.1) is 0 Å². The topological polar surface area (TPSA) is 174 Å². The number of aromatic nitrogens is 4. The van der Waals surface area contributed by atoms with E-state index in [9.17, 15) is 9.90 Å². The summed E-state index contributed by atoms with van der Waals surface area (Å²) in [6.07, 6.45) is 12.3. The third-order valence-corrected chi connectivity index (χ3v) is 14.1. The Balaban J connectivity index is 1.01. The number of benzene rings is 1. The number of carboxylic acids is 1. The molecule has 5 fully saturated rings. The Morgan fingerprint density at radius 3 is 2.60 bits per heavy atom. The predicted octanol–water partition coefficient (Wildman–Crippen LogP) is 8.26. The summed E-state index contributed by atoms with van der Waals surface area (Å²) in [5, 5.41) is 36.3. The summed E-state index contributed by atoms with van der Waals surface area (Å²) in [6.45, 7) is 12.8. The van der Waals surface area contributed by atoms with E-state index in [1.807, 2.05) is 55.3 Å². The van der Waals surface area contributed by atoms with E-state index in [0.29, 0.717) is 24.5 Å². The van der Waals surface area contributed by atoms with Gasteiger partial charge in [0.05, 0.1) is 28.6 Å². The summed E-state index contributed by atoms with van der Waals surface area (Å²) >= 11 is 1.59. The predicted molar refractivity (Wildman–Crippen MR) is 223 cm³/mol. The fourth-order valence-corrected chi connectivity index (χ4v) is 12.9. The standard InChI is InChI=1S/C43H57N9O4S/c1-28(19-46-39-48-33-10-5-6-11-34(33)57-39)30-9-7-16-51(37(30)50-44)35-13-12-31(36(49-35)38(54)55)32-20-47-52(29(32)2)27-42-22-40(3)21-41(4,23-42)25-43(24-40,26-42)56-18-15-45-14-8-17-53/h5-6,10-13,19-20,30,37,44-45,53H,7-9,14-18,21-27H2,1-4H3,(H,46,48)(H,54,55)/b28-19+,50-44?. The van der Waals surface area contributed by atoms with Crippen molar-refractivity contribution in [2.45, 2.75) is 104 Å². The summed E-state index contributed by atoms with van der Waals surface area (Å²) in [4.78, 5) is 24.3. The zero-order chi connectivity index (χ0) is 40.0. The minimum Gasteiger partial charge on any atom is -0.476 e. The average Bonchev–Trinajstić information content (AvgIpc) is 3.75. The number of aliphatic hydroxyl groups is 1. The van der Waals surface area contributed by atoms with Crippen LogP contribution in [-0.2, 0) is 11.3 Å². The van der Waals surface area contributed by atoms with Gasteiger partial charge in [0.15, 0.2) is 10.8 Å². The molecule has 4 saturated carbocycles. The molecule has 5 N–H and O–H groups in total. The van der Waals surface area contributed by atoms with Gasteiger partial charge in [0.2, 0.25) is 0 Å². The van der Waals surface area contributed by atoms with Crippen molar-refractivity contribution in [3.63, 3.8) is 0 Å². The lowest BCUT2D eigenvalue weighted by Gasteiger charge is -2.69. The van der Waals surface area contributed by atoms with Gasteiger partial charge in [-0.25, -0.2) is 20.3 Å². The van der Waals surface area contributed by atoms with Crippen LogP contribution >= 0.6 is 11.3 Å². The number of pyridine rings is 1. The molecular formula is C43H57N9O4S. The maximum atomic E-state index is 12.9. The van der Waals surface area contributed by atoms with Gasteiger partial charge in [0, 0.05) is 55.2 Å². The van der Waals surface area contributed by atoms with Crippen molar-refractivity contribution in [3.8, 4) is 11.1 Å². The Morgan fingerprint density at radius 1 is 1.07 bits per heavy atom. The number of nitrogens with one attached hydrogen (secondary N) is 3. The van der Waals surface area contributed by atoms with Gasteiger partial charge in [-0.2, -0.15) is 10.2 Å². The van der Waals surface area contributed by atoms with Gasteiger partial charge in [-0.05, 0) is 119 Å². The number of hydrogen-bond donors (Lipinski definition) is 5. The van der Waals surface area contributed by atoms with E-state index in [-0.39, 0.29) is 40.1 Å². The largest absolute Gasteiger partial charge is 0.476 e. The molecule has 5 aliphatic rings. The lowest BCUT2D eigenvalue weighted by atomic mass is 9.39. The van der Waals surface area contributed by atoms with Crippen molar-refractivity contribution in [1.29, 1.82) is 5.53 Å². The summed E-state index contributed by atoms with van der Waals surface area (Å²) in [5.41, 5.74) is 12.7.